The number of likely N-dealkylation sites (tertiary alicyclic amines) is 1. The van der Waals surface area contributed by atoms with Gasteiger partial charge in [-0.15, -0.1) is 11.8 Å². The van der Waals surface area contributed by atoms with Crippen LogP contribution in [0.25, 0.3) is 21.8 Å². The Bertz CT molecular complexity index is 1500. The number of fused-ring (bicyclic) bond motifs is 2. The lowest BCUT2D eigenvalue weighted by atomic mass is 9.79. The van der Waals surface area contributed by atoms with Crippen LogP contribution < -0.4 is 0 Å². The van der Waals surface area contributed by atoms with Gasteiger partial charge in [-0.1, -0.05) is 36.4 Å². The van der Waals surface area contributed by atoms with Gasteiger partial charge in [0.15, 0.2) is 0 Å². The molecule has 2 aromatic heterocycles. The first-order valence-electron chi connectivity index (χ1n) is 14.1. The van der Waals surface area contributed by atoms with Crippen molar-refractivity contribution < 1.29 is 9.59 Å². The number of benzene rings is 2. The van der Waals surface area contributed by atoms with E-state index in [0.717, 1.165) is 66.3 Å². The Labute approximate surface area is 234 Å². The lowest BCUT2D eigenvalue weighted by Crippen LogP contribution is -2.46. The van der Waals surface area contributed by atoms with Crippen LogP contribution in [0.2, 0.25) is 0 Å². The fourth-order valence-corrected chi connectivity index (χ4v) is 8.57. The Morgan fingerprint density at radius 3 is 2.59 bits per heavy atom. The number of aryl methyl sites for hydroxylation is 1. The van der Waals surface area contributed by atoms with E-state index in [1.54, 1.807) is 0 Å². The van der Waals surface area contributed by atoms with Gasteiger partial charge in [0, 0.05) is 70.8 Å². The van der Waals surface area contributed by atoms with Crippen LogP contribution in [0.3, 0.4) is 0 Å². The van der Waals surface area contributed by atoms with Crippen molar-refractivity contribution in [3.8, 4) is 0 Å². The predicted molar refractivity (Wildman–Crippen MR) is 160 cm³/mol. The van der Waals surface area contributed by atoms with Crippen LogP contribution in [0.4, 0.5) is 0 Å². The summed E-state index contributed by atoms with van der Waals surface area (Å²) in [4.78, 5) is 34.8. The van der Waals surface area contributed by atoms with E-state index in [0.29, 0.717) is 12.8 Å². The molecule has 0 bridgehead atoms. The van der Waals surface area contributed by atoms with Gasteiger partial charge in [0.05, 0.1) is 5.37 Å². The van der Waals surface area contributed by atoms with Crippen LogP contribution in [0.15, 0.2) is 60.9 Å². The van der Waals surface area contributed by atoms with E-state index in [2.05, 4.69) is 83.0 Å². The lowest BCUT2D eigenvalue weighted by molar-refractivity contribution is -0.136. The summed E-state index contributed by atoms with van der Waals surface area (Å²) in [6, 6.07) is 16.6. The average molecular weight is 543 g/mol. The zero-order valence-electron chi connectivity index (χ0n) is 23.1. The summed E-state index contributed by atoms with van der Waals surface area (Å²) in [5.41, 5.74) is 4.42. The van der Waals surface area contributed by atoms with Crippen molar-refractivity contribution >= 4 is 45.8 Å². The molecule has 0 aliphatic carbocycles. The van der Waals surface area contributed by atoms with Crippen LogP contribution in [0, 0.1) is 5.92 Å². The number of carbonyl (C=O) groups is 2. The second kappa shape index (κ2) is 10.5. The standard InChI is InChI=1S/C32H38N4O2S/c1-22-36(21-32(39-22)13-15-34(2)16-14-32)31(38)27(18-23-20-35(3)30-11-7-5-8-24(23)30)25(12-17-37)28-19-33-29-10-6-4-9-26(28)29/h4-11,17,19-20,22,25,27,33H,12-16,18,21H2,1-3H3. The molecule has 2 saturated heterocycles. The van der Waals surface area contributed by atoms with Crippen LogP contribution in [0.5, 0.6) is 0 Å². The number of hydrogen-bond donors (Lipinski definition) is 1. The molecule has 2 aromatic carbocycles. The molecule has 204 valence electrons. The Morgan fingerprint density at radius 1 is 1.10 bits per heavy atom. The van der Waals surface area contributed by atoms with Crippen molar-refractivity contribution in [3.05, 3.63) is 72.1 Å². The van der Waals surface area contributed by atoms with Gasteiger partial charge in [0.1, 0.15) is 6.29 Å². The van der Waals surface area contributed by atoms with Crippen molar-refractivity contribution in [2.75, 3.05) is 26.7 Å². The second-order valence-electron chi connectivity index (χ2n) is 11.6. The molecule has 3 atom stereocenters. The Kier molecular flexibility index (Phi) is 7.06. The molecule has 1 N–H and O–H groups in total. The third-order valence-electron chi connectivity index (χ3n) is 9.09. The number of aromatic amines is 1. The molecule has 6 rings (SSSR count). The minimum atomic E-state index is -0.343. The highest BCUT2D eigenvalue weighted by molar-refractivity contribution is 8.01. The fraction of sp³-hybridized carbons (Fsp3) is 0.438. The van der Waals surface area contributed by atoms with E-state index < -0.39 is 0 Å². The van der Waals surface area contributed by atoms with E-state index in [4.69, 9.17) is 0 Å². The molecule has 4 heterocycles. The molecule has 0 radical (unpaired) electrons. The molecule has 2 aliphatic rings. The zero-order chi connectivity index (χ0) is 27.1. The number of aromatic nitrogens is 2. The van der Waals surface area contributed by atoms with Gasteiger partial charge >= 0.3 is 0 Å². The maximum atomic E-state index is 14.7. The summed E-state index contributed by atoms with van der Waals surface area (Å²) >= 11 is 1.98. The molecule has 39 heavy (non-hydrogen) atoms. The van der Waals surface area contributed by atoms with E-state index >= 15 is 0 Å². The normalized spacial score (nSPS) is 21.1. The Morgan fingerprint density at radius 2 is 1.82 bits per heavy atom. The molecule has 6 nitrogen and oxygen atoms in total. The molecule has 7 heteroatoms. The summed E-state index contributed by atoms with van der Waals surface area (Å²) in [5, 5.41) is 2.39. The van der Waals surface area contributed by atoms with Gasteiger partial charge in [0.25, 0.3) is 0 Å². The number of thioether (sulfide) groups is 1. The molecule has 4 aromatic rings. The van der Waals surface area contributed by atoms with Crippen molar-refractivity contribution in [1.29, 1.82) is 0 Å². The summed E-state index contributed by atoms with van der Waals surface area (Å²) < 4.78 is 2.28. The molecular formula is C32H38N4O2S. The van der Waals surface area contributed by atoms with E-state index in [-0.39, 0.29) is 27.9 Å². The third-order valence-corrected chi connectivity index (χ3v) is 10.7. The van der Waals surface area contributed by atoms with Crippen molar-refractivity contribution in [2.45, 2.75) is 48.6 Å². The van der Waals surface area contributed by atoms with E-state index in [1.807, 2.05) is 30.1 Å². The highest BCUT2D eigenvalue weighted by atomic mass is 32.2. The maximum absolute atomic E-state index is 14.7. The van der Waals surface area contributed by atoms with Crippen LogP contribution in [-0.4, -0.2) is 68.3 Å². The van der Waals surface area contributed by atoms with E-state index in [9.17, 15) is 9.59 Å². The summed E-state index contributed by atoms with van der Waals surface area (Å²) in [6.07, 6.45) is 8.31. The Hall–Kier alpha value is -3.03. The van der Waals surface area contributed by atoms with Gasteiger partial charge in [-0.2, -0.15) is 0 Å². The number of H-pyrrole nitrogens is 1. The number of nitrogens with zero attached hydrogens (tertiary/aromatic N) is 3. The molecule has 2 aliphatic heterocycles. The minimum absolute atomic E-state index is 0.121. The molecular weight excluding hydrogens is 504 g/mol. The fourth-order valence-electron chi connectivity index (χ4n) is 6.91. The van der Waals surface area contributed by atoms with Crippen molar-refractivity contribution in [2.24, 2.45) is 13.0 Å². The van der Waals surface area contributed by atoms with Gasteiger partial charge < -0.3 is 24.1 Å². The van der Waals surface area contributed by atoms with Crippen molar-refractivity contribution in [3.63, 3.8) is 0 Å². The first-order valence-corrected chi connectivity index (χ1v) is 15.0. The van der Waals surface area contributed by atoms with Gasteiger partial charge in [-0.3, -0.25) is 4.79 Å². The van der Waals surface area contributed by atoms with E-state index in [1.165, 1.54) is 5.39 Å². The van der Waals surface area contributed by atoms with Crippen molar-refractivity contribution in [1.82, 2.24) is 19.4 Å². The van der Waals surface area contributed by atoms with Crippen LogP contribution >= 0.6 is 11.8 Å². The number of aldehydes is 1. The number of hydrogen-bond acceptors (Lipinski definition) is 4. The zero-order valence-corrected chi connectivity index (χ0v) is 23.9. The highest BCUT2D eigenvalue weighted by Gasteiger charge is 2.48. The monoisotopic (exact) mass is 542 g/mol. The number of para-hydroxylation sites is 2. The van der Waals surface area contributed by atoms with Crippen LogP contribution in [0.1, 0.15) is 43.2 Å². The highest BCUT2D eigenvalue weighted by Crippen LogP contribution is 2.48. The first kappa shape index (κ1) is 26.2. The molecule has 3 unspecified atom stereocenters. The maximum Gasteiger partial charge on any atom is 0.227 e. The molecule has 1 spiro atoms. The number of carbonyl (C=O) groups excluding carboxylic acids is 2. The molecule has 0 saturated carbocycles. The second-order valence-corrected chi connectivity index (χ2v) is 13.3. The lowest BCUT2D eigenvalue weighted by Gasteiger charge is -2.37. The smallest absolute Gasteiger partial charge is 0.227 e. The summed E-state index contributed by atoms with van der Waals surface area (Å²) in [5.74, 6) is -0.378. The van der Waals surface area contributed by atoms with Gasteiger partial charge in [-0.25, -0.2) is 0 Å². The number of piperidine rings is 1. The average Bonchev–Trinajstić information content (AvgIpc) is 3.61. The SMILES string of the molecule is CC1SC2(CCN(C)CC2)CN1C(=O)C(Cc1cn(C)c2ccccc12)C(CC=O)c1c[nH]c2ccccc12. The van der Waals surface area contributed by atoms with Gasteiger partial charge in [0.2, 0.25) is 5.91 Å². The largest absolute Gasteiger partial charge is 0.361 e. The Balaban J connectivity index is 1.41. The number of amides is 1. The third kappa shape index (κ3) is 4.80. The quantitative estimate of drug-likeness (QED) is 0.310. The number of rotatable bonds is 7. The molecule has 1 amide bonds. The number of nitrogens with one attached hydrogen (secondary N) is 1. The minimum Gasteiger partial charge on any atom is -0.361 e. The predicted octanol–water partition coefficient (Wildman–Crippen LogP) is 5.58. The summed E-state index contributed by atoms with van der Waals surface area (Å²) in [7, 11) is 4.25. The first-order chi connectivity index (χ1) is 18.9. The molecule has 2 fully saturated rings. The van der Waals surface area contributed by atoms with Gasteiger partial charge in [-0.05, 0) is 69.6 Å². The van der Waals surface area contributed by atoms with Crippen LogP contribution in [-0.2, 0) is 23.1 Å². The summed E-state index contributed by atoms with van der Waals surface area (Å²) in [6.45, 7) is 5.12. The topological polar surface area (TPSA) is 61.3 Å².